The van der Waals surface area contributed by atoms with Crippen molar-refractivity contribution in [3.8, 4) is 22.5 Å². The molecule has 1 N–H and O–H groups in total. The van der Waals surface area contributed by atoms with Gasteiger partial charge in [0.1, 0.15) is 5.15 Å². The summed E-state index contributed by atoms with van der Waals surface area (Å²) in [5.74, 6) is 0.751. The number of carbonyl (C=O) groups excluding carboxylic acids is 1. The van der Waals surface area contributed by atoms with E-state index >= 15 is 0 Å². The van der Waals surface area contributed by atoms with E-state index in [-0.39, 0.29) is 16.8 Å². The van der Waals surface area contributed by atoms with Crippen molar-refractivity contribution in [2.24, 2.45) is 5.92 Å². The minimum Gasteiger partial charge on any atom is -0.290 e. The minimum atomic E-state index is -0.346. The summed E-state index contributed by atoms with van der Waals surface area (Å²) in [7, 11) is 0. The number of aromatic nitrogens is 6. The number of imidazole rings is 1. The van der Waals surface area contributed by atoms with Crippen LogP contribution in [-0.4, -0.2) is 35.7 Å². The van der Waals surface area contributed by atoms with Crippen LogP contribution in [0.2, 0.25) is 5.15 Å². The first-order chi connectivity index (χ1) is 18.1. The summed E-state index contributed by atoms with van der Waals surface area (Å²) in [6.45, 7) is 2.40. The number of rotatable bonds is 8. The largest absolute Gasteiger partial charge is 0.336 e. The summed E-state index contributed by atoms with van der Waals surface area (Å²) in [6.07, 6.45) is 7.46. The average molecular weight is 519 g/mol. The van der Waals surface area contributed by atoms with Crippen molar-refractivity contribution in [2.45, 2.75) is 64.8 Å². The molecule has 1 aliphatic rings. The third kappa shape index (κ3) is 5.30. The van der Waals surface area contributed by atoms with Gasteiger partial charge < -0.3 is 0 Å². The summed E-state index contributed by atoms with van der Waals surface area (Å²) < 4.78 is 2.87. The highest BCUT2D eigenvalue weighted by molar-refractivity contribution is 6.31. The molecular formula is C28H31ClN6O2. The summed E-state index contributed by atoms with van der Waals surface area (Å²) in [4.78, 5) is 26.6. The van der Waals surface area contributed by atoms with Crippen molar-refractivity contribution in [3.05, 3.63) is 75.4 Å². The number of hydrogen-bond donors (Lipinski definition) is 1. The van der Waals surface area contributed by atoms with Gasteiger partial charge in [-0.05, 0) is 52.3 Å². The number of nitrogens with one attached hydrogen (secondary N) is 1. The highest BCUT2D eigenvalue weighted by atomic mass is 35.5. The van der Waals surface area contributed by atoms with Crippen LogP contribution in [0.4, 0.5) is 0 Å². The second kappa shape index (κ2) is 11.3. The Kier molecular flexibility index (Phi) is 7.65. The SMILES string of the molecule is CCCc1c(Cl)n(C(=O)CC2CCCCC2)c(=O)n1Cc1ccc(-c2ccccc2-c2nnn[nH]2)cc1. The van der Waals surface area contributed by atoms with Gasteiger partial charge in [-0.1, -0.05) is 92.7 Å². The lowest BCUT2D eigenvalue weighted by molar-refractivity contribution is 0.0863. The maximum Gasteiger partial charge on any atom is 0.336 e. The fourth-order valence-electron chi connectivity index (χ4n) is 5.33. The number of tetrazole rings is 1. The third-order valence-electron chi connectivity index (χ3n) is 7.24. The van der Waals surface area contributed by atoms with E-state index in [1.807, 2.05) is 55.5 Å². The van der Waals surface area contributed by atoms with E-state index in [9.17, 15) is 9.59 Å². The molecule has 37 heavy (non-hydrogen) atoms. The Morgan fingerprint density at radius 1 is 1.05 bits per heavy atom. The Balaban J connectivity index is 1.41. The Morgan fingerprint density at radius 2 is 1.78 bits per heavy atom. The fraction of sp³-hybridized carbons (Fsp3) is 0.393. The van der Waals surface area contributed by atoms with Gasteiger partial charge in [-0.25, -0.2) is 14.5 Å². The van der Waals surface area contributed by atoms with E-state index in [1.54, 1.807) is 4.57 Å². The van der Waals surface area contributed by atoms with Crippen LogP contribution in [0.3, 0.4) is 0 Å². The first kappa shape index (κ1) is 25.1. The highest BCUT2D eigenvalue weighted by Gasteiger charge is 2.25. The Morgan fingerprint density at radius 3 is 2.46 bits per heavy atom. The molecule has 5 rings (SSSR count). The van der Waals surface area contributed by atoms with E-state index in [4.69, 9.17) is 11.6 Å². The van der Waals surface area contributed by atoms with Crippen LogP contribution in [-0.2, 0) is 13.0 Å². The molecular weight excluding hydrogens is 488 g/mol. The lowest BCUT2D eigenvalue weighted by atomic mass is 9.87. The van der Waals surface area contributed by atoms with Crippen molar-refractivity contribution in [3.63, 3.8) is 0 Å². The fourth-order valence-corrected chi connectivity index (χ4v) is 5.69. The lowest BCUT2D eigenvalue weighted by Gasteiger charge is -2.20. The van der Waals surface area contributed by atoms with Crippen molar-refractivity contribution in [2.75, 3.05) is 0 Å². The van der Waals surface area contributed by atoms with Gasteiger partial charge in [0.05, 0.1) is 12.2 Å². The molecule has 8 nitrogen and oxygen atoms in total. The predicted octanol–water partition coefficient (Wildman–Crippen LogP) is 5.76. The number of halogens is 1. The number of aromatic amines is 1. The van der Waals surface area contributed by atoms with Crippen LogP contribution in [0.25, 0.3) is 22.5 Å². The van der Waals surface area contributed by atoms with Crippen LogP contribution in [0.1, 0.15) is 67.9 Å². The van der Waals surface area contributed by atoms with Crippen molar-refractivity contribution in [1.82, 2.24) is 29.8 Å². The number of hydrogen-bond acceptors (Lipinski definition) is 5. The van der Waals surface area contributed by atoms with Gasteiger partial charge in [-0.2, -0.15) is 0 Å². The molecule has 0 bridgehead atoms. The zero-order chi connectivity index (χ0) is 25.8. The second-order valence-electron chi connectivity index (χ2n) is 9.79. The summed E-state index contributed by atoms with van der Waals surface area (Å²) in [5, 5.41) is 14.5. The molecule has 0 amide bonds. The lowest BCUT2D eigenvalue weighted by Crippen LogP contribution is -2.31. The molecule has 2 aromatic heterocycles. The summed E-state index contributed by atoms with van der Waals surface area (Å²) in [5.41, 5.74) is 4.24. The summed E-state index contributed by atoms with van der Waals surface area (Å²) >= 11 is 6.67. The quantitative estimate of drug-likeness (QED) is 0.319. The molecule has 0 unspecified atom stereocenters. The van der Waals surface area contributed by atoms with Crippen LogP contribution < -0.4 is 5.69 Å². The number of benzene rings is 2. The van der Waals surface area contributed by atoms with Gasteiger partial charge in [0, 0.05) is 12.0 Å². The molecule has 192 valence electrons. The molecule has 1 fully saturated rings. The maximum atomic E-state index is 13.4. The van der Waals surface area contributed by atoms with Gasteiger partial charge in [0.15, 0.2) is 5.82 Å². The zero-order valence-electron chi connectivity index (χ0n) is 21.0. The van der Waals surface area contributed by atoms with Crippen LogP contribution in [0, 0.1) is 5.92 Å². The van der Waals surface area contributed by atoms with E-state index < -0.39 is 0 Å². The number of H-pyrrole nitrogens is 1. The van der Waals surface area contributed by atoms with E-state index in [0.717, 1.165) is 60.1 Å². The first-order valence-corrected chi connectivity index (χ1v) is 13.4. The molecule has 0 radical (unpaired) electrons. The van der Waals surface area contributed by atoms with E-state index in [0.29, 0.717) is 31.1 Å². The van der Waals surface area contributed by atoms with Crippen molar-refractivity contribution < 1.29 is 4.79 Å². The average Bonchev–Trinajstić information content (AvgIpc) is 3.53. The van der Waals surface area contributed by atoms with Gasteiger partial charge in [-0.15, -0.1) is 5.10 Å². The first-order valence-electron chi connectivity index (χ1n) is 13.0. The molecule has 9 heteroatoms. The normalized spacial score (nSPS) is 14.2. The van der Waals surface area contributed by atoms with Gasteiger partial charge in [-0.3, -0.25) is 9.36 Å². The van der Waals surface area contributed by atoms with Crippen LogP contribution in [0.5, 0.6) is 0 Å². The van der Waals surface area contributed by atoms with E-state index in [2.05, 4.69) is 20.6 Å². The molecule has 0 atom stereocenters. The van der Waals surface area contributed by atoms with Gasteiger partial charge >= 0.3 is 5.69 Å². The number of nitrogens with zero attached hydrogens (tertiary/aromatic N) is 5. The molecule has 2 heterocycles. The monoisotopic (exact) mass is 518 g/mol. The smallest absolute Gasteiger partial charge is 0.290 e. The van der Waals surface area contributed by atoms with Crippen LogP contribution >= 0.6 is 11.6 Å². The second-order valence-corrected chi connectivity index (χ2v) is 10.1. The molecule has 2 aromatic carbocycles. The summed E-state index contributed by atoms with van der Waals surface area (Å²) in [6, 6.07) is 16.0. The Labute approximate surface area is 220 Å². The topological polar surface area (TPSA) is 98.5 Å². The Hall–Kier alpha value is -3.52. The Bertz CT molecular complexity index is 1420. The highest BCUT2D eigenvalue weighted by Crippen LogP contribution is 2.30. The number of carbonyl (C=O) groups is 1. The molecule has 0 aliphatic heterocycles. The molecule has 1 saturated carbocycles. The van der Waals surface area contributed by atoms with E-state index in [1.165, 1.54) is 11.0 Å². The zero-order valence-corrected chi connectivity index (χ0v) is 21.7. The molecule has 0 spiro atoms. The minimum absolute atomic E-state index is 0.188. The third-order valence-corrected chi connectivity index (χ3v) is 7.63. The van der Waals surface area contributed by atoms with Gasteiger partial charge in [0.2, 0.25) is 5.91 Å². The standard InChI is InChI=1S/C28H31ClN6O2/c1-2-8-24-26(29)35(25(36)17-19-9-4-3-5-10-19)28(37)34(24)18-20-13-15-21(16-14-20)22-11-6-7-12-23(22)27-30-32-33-31-27/h6-7,11-16,19H,2-5,8-10,17-18H2,1H3,(H,30,31,32,33). The van der Waals surface area contributed by atoms with Gasteiger partial charge in [0.25, 0.3) is 0 Å². The molecule has 0 saturated heterocycles. The molecule has 1 aliphatic carbocycles. The predicted molar refractivity (Wildman–Crippen MR) is 144 cm³/mol. The van der Waals surface area contributed by atoms with Crippen LogP contribution in [0.15, 0.2) is 53.3 Å². The maximum absolute atomic E-state index is 13.4. The van der Waals surface area contributed by atoms with Crippen molar-refractivity contribution in [1.29, 1.82) is 0 Å². The molecule has 4 aromatic rings. The van der Waals surface area contributed by atoms with Crippen molar-refractivity contribution >= 4 is 17.5 Å².